The Balaban J connectivity index is 2.09. The molecule has 0 aromatic carbocycles. The molecule has 4 heteroatoms. The van der Waals surface area contributed by atoms with Gasteiger partial charge in [0.2, 0.25) is 6.29 Å². The van der Waals surface area contributed by atoms with E-state index in [2.05, 4.69) is 6.29 Å². The average molecular weight is 220 g/mol. The van der Waals surface area contributed by atoms with Crippen LogP contribution in [-0.4, -0.2) is 29.5 Å². The Kier molecular flexibility index (Phi) is 2.90. The lowest BCUT2D eigenvalue weighted by Gasteiger charge is -2.33. The maximum Gasteiger partial charge on any atom is 0.253 e. The van der Waals surface area contributed by atoms with E-state index >= 15 is 0 Å². The molecule has 2 amide bonds. The van der Waals surface area contributed by atoms with Gasteiger partial charge in [-0.3, -0.25) is 19.3 Å². The van der Waals surface area contributed by atoms with Crippen molar-refractivity contribution in [3.8, 4) is 0 Å². The van der Waals surface area contributed by atoms with Crippen molar-refractivity contribution < 1.29 is 14.4 Å². The molecule has 1 heterocycles. The van der Waals surface area contributed by atoms with E-state index in [0.29, 0.717) is 0 Å². The van der Waals surface area contributed by atoms with Gasteiger partial charge in [0.25, 0.3) is 11.8 Å². The summed E-state index contributed by atoms with van der Waals surface area (Å²) in [7, 11) is 0. The molecule has 0 aromatic heterocycles. The maximum absolute atomic E-state index is 11.4. The molecule has 1 fully saturated rings. The summed E-state index contributed by atoms with van der Waals surface area (Å²) >= 11 is 0. The van der Waals surface area contributed by atoms with Crippen molar-refractivity contribution >= 4 is 18.1 Å². The molecule has 0 unspecified atom stereocenters. The van der Waals surface area contributed by atoms with Gasteiger partial charge in [-0.15, -0.1) is 0 Å². The molecule has 1 aliphatic carbocycles. The van der Waals surface area contributed by atoms with Crippen molar-refractivity contribution in [3.05, 3.63) is 12.2 Å². The van der Waals surface area contributed by atoms with Crippen LogP contribution in [0.2, 0.25) is 0 Å². The van der Waals surface area contributed by atoms with E-state index in [1.807, 2.05) is 0 Å². The molecule has 85 valence electrons. The van der Waals surface area contributed by atoms with Gasteiger partial charge in [0.05, 0.1) is 5.41 Å². The molecule has 0 atom stereocenters. The van der Waals surface area contributed by atoms with Gasteiger partial charge in [-0.05, 0) is 12.8 Å². The highest BCUT2D eigenvalue weighted by molar-refractivity contribution is 6.13. The predicted octanol–water partition coefficient (Wildman–Crippen LogP) is 0.972. The number of imide groups is 1. The lowest BCUT2D eigenvalue weighted by atomic mass is 9.75. The fraction of sp³-hybridized carbons (Fsp3) is 0.583. The Morgan fingerprint density at radius 2 is 1.69 bits per heavy atom. The van der Waals surface area contributed by atoms with E-state index in [0.717, 1.165) is 37.0 Å². The zero-order chi connectivity index (χ0) is 11.6. The van der Waals surface area contributed by atoms with Crippen LogP contribution in [0.4, 0.5) is 0 Å². The smallest absolute Gasteiger partial charge is 0.253 e. The molecule has 0 bridgehead atoms. The molecule has 1 radical (unpaired) electrons. The molecule has 0 saturated heterocycles. The summed E-state index contributed by atoms with van der Waals surface area (Å²) in [4.78, 5) is 35.0. The van der Waals surface area contributed by atoms with Gasteiger partial charge in [-0.1, -0.05) is 19.3 Å². The Bertz CT molecular complexity index is 335. The fourth-order valence-corrected chi connectivity index (χ4v) is 2.41. The highest BCUT2D eigenvalue weighted by atomic mass is 16.2. The van der Waals surface area contributed by atoms with Gasteiger partial charge in [-0.25, -0.2) is 0 Å². The number of nitrogens with zero attached hydrogens (tertiary/aromatic N) is 1. The Hall–Kier alpha value is -1.45. The van der Waals surface area contributed by atoms with Crippen molar-refractivity contribution in [1.82, 2.24) is 4.90 Å². The third-order valence-electron chi connectivity index (χ3n) is 3.39. The largest absolute Gasteiger partial charge is 0.290 e. The first-order chi connectivity index (χ1) is 7.67. The van der Waals surface area contributed by atoms with E-state index in [9.17, 15) is 14.4 Å². The van der Waals surface area contributed by atoms with Gasteiger partial charge in [-0.2, -0.15) is 0 Å². The van der Waals surface area contributed by atoms with Crippen molar-refractivity contribution in [2.75, 3.05) is 6.54 Å². The van der Waals surface area contributed by atoms with Crippen molar-refractivity contribution in [1.29, 1.82) is 0 Å². The zero-order valence-corrected chi connectivity index (χ0v) is 9.07. The Morgan fingerprint density at radius 1 is 1.12 bits per heavy atom. The minimum Gasteiger partial charge on any atom is -0.290 e. The lowest BCUT2D eigenvalue weighted by molar-refractivity contribution is -0.138. The van der Waals surface area contributed by atoms with E-state index < -0.39 is 5.41 Å². The van der Waals surface area contributed by atoms with E-state index in [1.165, 1.54) is 12.2 Å². The summed E-state index contributed by atoms with van der Waals surface area (Å²) in [6.07, 6.45) is 9.09. The SMILES string of the molecule is O=[C]C1(CN2C(=O)C=CC2=O)CCCCC1. The predicted molar refractivity (Wildman–Crippen MR) is 57.1 cm³/mol. The first-order valence-electron chi connectivity index (χ1n) is 5.60. The van der Waals surface area contributed by atoms with Crippen LogP contribution >= 0.6 is 0 Å². The molecule has 0 spiro atoms. The van der Waals surface area contributed by atoms with Gasteiger partial charge < -0.3 is 0 Å². The summed E-state index contributed by atoms with van der Waals surface area (Å²) in [6, 6.07) is 0. The molecule has 2 rings (SSSR count). The summed E-state index contributed by atoms with van der Waals surface area (Å²) < 4.78 is 0. The zero-order valence-electron chi connectivity index (χ0n) is 9.07. The van der Waals surface area contributed by atoms with E-state index in [-0.39, 0.29) is 18.4 Å². The summed E-state index contributed by atoms with van der Waals surface area (Å²) in [5, 5.41) is 0. The van der Waals surface area contributed by atoms with Crippen molar-refractivity contribution in [2.45, 2.75) is 32.1 Å². The normalized spacial score (nSPS) is 23.9. The second kappa shape index (κ2) is 4.20. The number of rotatable bonds is 3. The minimum absolute atomic E-state index is 0.196. The molecule has 0 N–H and O–H groups in total. The average Bonchev–Trinajstić information content (AvgIpc) is 2.62. The molecule has 0 aromatic rings. The summed E-state index contributed by atoms with van der Waals surface area (Å²) in [5.74, 6) is -0.629. The van der Waals surface area contributed by atoms with Crippen LogP contribution in [-0.2, 0) is 14.4 Å². The Labute approximate surface area is 94.3 Å². The Morgan fingerprint density at radius 3 is 2.19 bits per heavy atom. The van der Waals surface area contributed by atoms with Crippen LogP contribution in [0.25, 0.3) is 0 Å². The number of carbonyl (C=O) groups is 2. The highest BCUT2D eigenvalue weighted by Crippen LogP contribution is 2.35. The maximum atomic E-state index is 11.4. The molecular weight excluding hydrogens is 206 g/mol. The van der Waals surface area contributed by atoms with E-state index in [1.54, 1.807) is 0 Å². The second-order valence-electron chi connectivity index (χ2n) is 4.54. The van der Waals surface area contributed by atoms with E-state index in [4.69, 9.17) is 0 Å². The van der Waals surface area contributed by atoms with Crippen LogP contribution in [0.3, 0.4) is 0 Å². The second-order valence-corrected chi connectivity index (χ2v) is 4.54. The fourth-order valence-electron chi connectivity index (χ4n) is 2.41. The van der Waals surface area contributed by atoms with Gasteiger partial charge in [0.1, 0.15) is 0 Å². The third kappa shape index (κ3) is 1.92. The van der Waals surface area contributed by atoms with Crippen LogP contribution in [0.1, 0.15) is 32.1 Å². The first-order valence-corrected chi connectivity index (χ1v) is 5.60. The van der Waals surface area contributed by atoms with Gasteiger partial charge in [0.15, 0.2) is 0 Å². The number of hydrogen-bond donors (Lipinski definition) is 0. The molecule has 16 heavy (non-hydrogen) atoms. The standard InChI is InChI=1S/C12H14NO3/c14-9-12(6-2-1-3-7-12)8-13-10(15)4-5-11(13)16/h4-5H,1-3,6-8H2. The third-order valence-corrected chi connectivity index (χ3v) is 3.39. The van der Waals surface area contributed by atoms with Crippen molar-refractivity contribution in [3.63, 3.8) is 0 Å². The molecule has 4 nitrogen and oxygen atoms in total. The van der Waals surface area contributed by atoms with Gasteiger partial charge >= 0.3 is 0 Å². The number of carbonyl (C=O) groups excluding carboxylic acids is 3. The van der Waals surface area contributed by atoms with Crippen LogP contribution < -0.4 is 0 Å². The first kappa shape index (κ1) is 11.0. The number of hydrogen-bond acceptors (Lipinski definition) is 3. The van der Waals surface area contributed by atoms with Crippen molar-refractivity contribution in [2.24, 2.45) is 5.41 Å². The molecule has 1 aliphatic heterocycles. The summed E-state index contributed by atoms with van der Waals surface area (Å²) in [5.41, 5.74) is -0.615. The monoisotopic (exact) mass is 220 g/mol. The molecule has 2 aliphatic rings. The molecular formula is C12H14NO3. The van der Waals surface area contributed by atoms with Crippen LogP contribution in [0, 0.1) is 5.41 Å². The quantitative estimate of drug-likeness (QED) is 0.666. The van der Waals surface area contributed by atoms with Gasteiger partial charge in [0, 0.05) is 18.7 Å². The highest BCUT2D eigenvalue weighted by Gasteiger charge is 2.38. The number of amides is 2. The summed E-state index contributed by atoms with van der Waals surface area (Å²) in [6.45, 7) is 0.196. The lowest BCUT2D eigenvalue weighted by Crippen LogP contribution is -2.43. The van der Waals surface area contributed by atoms with Crippen LogP contribution in [0.15, 0.2) is 12.2 Å². The minimum atomic E-state index is -0.615. The topological polar surface area (TPSA) is 54.5 Å². The molecule has 1 saturated carbocycles. The van der Waals surface area contributed by atoms with Crippen LogP contribution in [0.5, 0.6) is 0 Å².